The van der Waals surface area contributed by atoms with Crippen LogP contribution < -0.4 is 10.5 Å². The van der Waals surface area contributed by atoms with Crippen LogP contribution in [-0.2, 0) is 0 Å². The summed E-state index contributed by atoms with van der Waals surface area (Å²) in [5.41, 5.74) is 8.50. The summed E-state index contributed by atoms with van der Waals surface area (Å²) in [5.74, 6) is 0.903. The fourth-order valence-corrected chi connectivity index (χ4v) is 2.21. The number of hydrogen-bond acceptors (Lipinski definition) is 2. The number of benzene rings is 2. The lowest BCUT2D eigenvalue weighted by Gasteiger charge is -2.13. The molecule has 2 rings (SSSR count). The van der Waals surface area contributed by atoms with E-state index in [2.05, 4.69) is 53.8 Å². The molecular formula is C16H18INO. The molecule has 2 nitrogen and oxygen atoms in total. The van der Waals surface area contributed by atoms with E-state index in [1.807, 2.05) is 24.3 Å². The van der Waals surface area contributed by atoms with Gasteiger partial charge in [0, 0.05) is 3.57 Å². The van der Waals surface area contributed by atoms with E-state index in [4.69, 9.17) is 10.5 Å². The van der Waals surface area contributed by atoms with Gasteiger partial charge in [-0.05, 0) is 64.4 Å². The summed E-state index contributed by atoms with van der Waals surface area (Å²) in [6.45, 7) is 2.85. The summed E-state index contributed by atoms with van der Waals surface area (Å²) in [4.78, 5) is 0. The lowest BCUT2D eigenvalue weighted by atomic mass is 10.00. The number of halogens is 1. The maximum Gasteiger partial charge on any atom is 0.119 e. The monoisotopic (exact) mass is 367 g/mol. The molecule has 2 N–H and O–H groups in total. The third-order valence-electron chi connectivity index (χ3n) is 2.94. The third-order valence-corrected chi connectivity index (χ3v) is 3.66. The summed E-state index contributed by atoms with van der Waals surface area (Å²) < 4.78 is 6.79. The molecule has 0 bridgehead atoms. The van der Waals surface area contributed by atoms with Gasteiger partial charge in [-0.25, -0.2) is 0 Å². The Hall–Kier alpha value is -1.07. The van der Waals surface area contributed by atoms with Crippen molar-refractivity contribution >= 4 is 22.6 Å². The molecule has 2 aromatic rings. The summed E-state index contributed by atoms with van der Waals surface area (Å²) in [5, 5.41) is 0. The maximum absolute atomic E-state index is 6.27. The van der Waals surface area contributed by atoms with Gasteiger partial charge in [0.2, 0.25) is 0 Å². The first-order valence-corrected chi connectivity index (χ1v) is 7.52. The molecule has 100 valence electrons. The Morgan fingerprint density at radius 2 is 1.53 bits per heavy atom. The van der Waals surface area contributed by atoms with Gasteiger partial charge in [-0.15, -0.1) is 0 Å². The van der Waals surface area contributed by atoms with Crippen LogP contribution in [0.15, 0.2) is 48.5 Å². The molecule has 0 heterocycles. The molecule has 3 heteroatoms. The predicted molar refractivity (Wildman–Crippen MR) is 87.4 cm³/mol. The van der Waals surface area contributed by atoms with Gasteiger partial charge in [-0.2, -0.15) is 0 Å². The Morgan fingerprint density at radius 3 is 2.05 bits per heavy atom. The minimum Gasteiger partial charge on any atom is -0.494 e. The van der Waals surface area contributed by atoms with Gasteiger partial charge >= 0.3 is 0 Å². The van der Waals surface area contributed by atoms with Gasteiger partial charge in [-0.1, -0.05) is 31.2 Å². The Labute approximate surface area is 128 Å². The molecule has 0 amide bonds. The van der Waals surface area contributed by atoms with Gasteiger partial charge < -0.3 is 10.5 Å². The van der Waals surface area contributed by atoms with E-state index >= 15 is 0 Å². The van der Waals surface area contributed by atoms with Crippen molar-refractivity contribution in [2.75, 3.05) is 6.61 Å². The van der Waals surface area contributed by atoms with Gasteiger partial charge in [0.05, 0.1) is 12.6 Å². The Bertz CT molecular complexity index is 507. The topological polar surface area (TPSA) is 35.2 Å². The van der Waals surface area contributed by atoms with Gasteiger partial charge in [-0.3, -0.25) is 0 Å². The molecule has 2 aromatic carbocycles. The molecule has 0 aromatic heterocycles. The van der Waals surface area contributed by atoms with E-state index in [0.717, 1.165) is 29.9 Å². The van der Waals surface area contributed by atoms with Gasteiger partial charge in [0.1, 0.15) is 5.75 Å². The second kappa shape index (κ2) is 6.91. The minimum absolute atomic E-state index is 0.0859. The summed E-state index contributed by atoms with van der Waals surface area (Å²) in [7, 11) is 0. The minimum atomic E-state index is -0.0859. The molecule has 1 unspecified atom stereocenters. The lowest BCUT2D eigenvalue weighted by Crippen LogP contribution is -2.11. The van der Waals surface area contributed by atoms with Crippen LogP contribution in [0.1, 0.15) is 30.5 Å². The molecule has 0 saturated heterocycles. The van der Waals surface area contributed by atoms with Gasteiger partial charge in [0.15, 0.2) is 0 Å². The SMILES string of the molecule is CCCOc1ccc(C(N)c2ccc(I)cc2)cc1. The quantitative estimate of drug-likeness (QED) is 0.807. The Kier molecular flexibility index (Phi) is 5.22. The molecule has 0 saturated carbocycles. The van der Waals surface area contributed by atoms with Crippen molar-refractivity contribution in [1.82, 2.24) is 0 Å². The number of nitrogens with two attached hydrogens (primary N) is 1. The largest absolute Gasteiger partial charge is 0.494 e. The second-order valence-corrected chi connectivity index (χ2v) is 5.69. The van der Waals surface area contributed by atoms with Crippen LogP contribution in [0.3, 0.4) is 0 Å². The summed E-state index contributed by atoms with van der Waals surface area (Å²) >= 11 is 2.29. The number of hydrogen-bond donors (Lipinski definition) is 1. The highest BCUT2D eigenvalue weighted by atomic mass is 127. The van der Waals surface area contributed by atoms with Crippen molar-refractivity contribution in [2.24, 2.45) is 5.73 Å². The zero-order chi connectivity index (χ0) is 13.7. The lowest BCUT2D eigenvalue weighted by molar-refractivity contribution is 0.317. The zero-order valence-corrected chi connectivity index (χ0v) is 13.1. The first-order valence-electron chi connectivity index (χ1n) is 6.44. The van der Waals surface area contributed by atoms with Crippen molar-refractivity contribution < 1.29 is 4.74 Å². The molecule has 0 radical (unpaired) electrons. The second-order valence-electron chi connectivity index (χ2n) is 4.45. The highest BCUT2D eigenvalue weighted by molar-refractivity contribution is 14.1. The van der Waals surface area contributed by atoms with E-state index in [1.165, 1.54) is 3.57 Å². The van der Waals surface area contributed by atoms with Crippen LogP contribution in [0.2, 0.25) is 0 Å². The molecule has 0 aliphatic heterocycles. The molecule has 0 aliphatic rings. The van der Waals surface area contributed by atoms with E-state index in [1.54, 1.807) is 0 Å². The van der Waals surface area contributed by atoms with E-state index < -0.39 is 0 Å². The van der Waals surface area contributed by atoms with Gasteiger partial charge in [0.25, 0.3) is 0 Å². The average molecular weight is 367 g/mol. The maximum atomic E-state index is 6.27. The van der Waals surface area contributed by atoms with E-state index in [0.29, 0.717) is 0 Å². The smallest absolute Gasteiger partial charge is 0.119 e. The predicted octanol–water partition coefficient (Wildman–Crippen LogP) is 4.13. The molecule has 0 fully saturated rings. The number of ether oxygens (including phenoxy) is 1. The summed E-state index contributed by atoms with van der Waals surface area (Å²) in [6, 6.07) is 16.3. The first-order chi connectivity index (χ1) is 9.20. The van der Waals surface area contributed by atoms with Crippen LogP contribution in [0.4, 0.5) is 0 Å². The van der Waals surface area contributed by atoms with Crippen LogP contribution in [0, 0.1) is 3.57 Å². The standard InChI is InChI=1S/C16H18INO/c1-2-11-19-15-9-5-13(6-10-15)16(18)12-3-7-14(17)8-4-12/h3-10,16H,2,11,18H2,1H3. The molecule has 0 spiro atoms. The Balaban J connectivity index is 2.10. The average Bonchev–Trinajstić information content (AvgIpc) is 2.46. The van der Waals surface area contributed by atoms with Crippen molar-refractivity contribution in [3.05, 3.63) is 63.2 Å². The van der Waals surface area contributed by atoms with Crippen LogP contribution in [-0.4, -0.2) is 6.61 Å². The molecular weight excluding hydrogens is 349 g/mol. The van der Waals surface area contributed by atoms with E-state index in [9.17, 15) is 0 Å². The van der Waals surface area contributed by atoms with Crippen LogP contribution in [0.5, 0.6) is 5.75 Å². The fraction of sp³-hybridized carbons (Fsp3) is 0.250. The van der Waals surface area contributed by atoms with E-state index in [-0.39, 0.29) is 6.04 Å². The zero-order valence-electron chi connectivity index (χ0n) is 11.0. The van der Waals surface area contributed by atoms with Crippen molar-refractivity contribution in [3.8, 4) is 5.75 Å². The number of rotatable bonds is 5. The van der Waals surface area contributed by atoms with Crippen molar-refractivity contribution in [2.45, 2.75) is 19.4 Å². The van der Waals surface area contributed by atoms with Crippen molar-refractivity contribution in [3.63, 3.8) is 0 Å². The highest BCUT2D eigenvalue weighted by Gasteiger charge is 2.08. The molecule has 19 heavy (non-hydrogen) atoms. The molecule has 0 aliphatic carbocycles. The summed E-state index contributed by atoms with van der Waals surface area (Å²) in [6.07, 6.45) is 1.02. The normalized spacial score (nSPS) is 12.2. The first kappa shape index (κ1) is 14.3. The third kappa shape index (κ3) is 3.94. The Morgan fingerprint density at radius 1 is 1.00 bits per heavy atom. The van der Waals surface area contributed by atoms with Crippen LogP contribution >= 0.6 is 22.6 Å². The fourth-order valence-electron chi connectivity index (χ4n) is 1.85. The molecule has 1 atom stereocenters. The highest BCUT2D eigenvalue weighted by Crippen LogP contribution is 2.22. The van der Waals surface area contributed by atoms with Crippen LogP contribution in [0.25, 0.3) is 0 Å². The van der Waals surface area contributed by atoms with Crippen molar-refractivity contribution in [1.29, 1.82) is 0 Å².